The molecule has 0 spiro atoms. The number of nitriles is 1. The van der Waals surface area contributed by atoms with Gasteiger partial charge in [-0.3, -0.25) is 4.68 Å². The van der Waals surface area contributed by atoms with Gasteiger partial charge in [-0.2, -0.15) is 10.4 Å². The van der Waals surface area contributed by atoms with Crippen molar-refractivity contribution in [3.05, 3.63) is 71.7 Å². The predicted molar refractivity (Wildman–Crippen MR) is 105 cm³/mol. The molecule has 6 nitrogen and oxygen atoms in total. The average Bonchev–Trinajstić information content (AvgIpc) is 3.48. The van der Waals surface area contributed by atoms with E-state index in [1.807, 2.05) is 44.0 Å². The largest absolute Gasteiger partial charge is 0.275 e. The predicted octanol–water partition coefficient (Wildman–Crippen LogP) is 3.77. The SMILES string of the molecule is Cn1cc(-c2cc(C#N)nc3cc(Cc4cnc(C5CC5)nc4)ccc23)cn1. The summed E-state index contributed by atoms with van der Waals surface area (Å²) in [6.45, 7) is 0. The highest BCUT2D eigenvalue weighted by molar-refractivity contribution is 5.95. The van der Waals surface area contributed by atoms with E-state index in [1.54, 1.807) is 4.68 Å². The van der Waals surface area contributed by atoms with E-state index in [2.05, 4.69) is 38.3 Å². The maximum atomic E-state index is 9.40. The van der Waals surface area contributed by atoms with E-state index in [-0.39, 0.29) is 0 Å². The lowest BCUT2D eigenvalue weighted by Crippen LogP contribution is -1.97. The summed E-state index contributed by atoms with van der Waals surface area (Å²) in [5, 5.41) is 14.7. The Morgan fingerprint density at radius 2 is 1.93 bits per heavy atom. The molecular formula is C22H18N6. The Bertz CT molecular complexity index is 1210. The maximum Gasteiger partial charge on any atom is 0.141 e. The van der Waals surface area contributed by atoms with Crippen LogP contribution in [0.4, 0.5) is 0 Å². The molecule has 0 bridgehead atoms. The van der Waals surface area contributed by atoms with Crippen molar-refractivity contribution < 1.29 is 0 Å². The topological polar surface area (TPSA) is 80.3 Å². The monoisotopic (exact) mass is 366 g/mol. The van der Waals surface area contributed by atoms with Gasteiger partial charge in [-0.25, -0.2) is 15.0 Å². The molecule has 4 aromatic rings. The van der Waals surface area contributed by atoms with Crippen LogP contribution < -0.4 is 0 Å². The average molecular weight is 366 g/mol. The summed E-state index contributed by atoms with van der Waals surface area (Å²) < 4.78 is 1.76. The van der Waals surface area contributed by atoms with Crippen LogP contribution in [-0.2, 0) is 13.5 Å². The van der Waals surface area contributed by atoms with Crippen molar-refractivity contribution >= 4 is 10.9 Å². The molecule has 6 heteroatoms. The van der Waals surface area contributed by atoms with Gasteiger partial charge in [0.25, 0.3) is 0 Å². The molecule has 5 rings (SSSR count). The van der Waals surface area contributed by atoms with Crippen molar-refractivity contribution in [2.75, 3.05) is 0 Å². The van der Waals surface area contributed by atoms with E-state index in [0.29, 0.717) is 11.6 Å². The first-order chi connectivity index (χ1) is 13.7. The minimum atomic E-state index is 0.403. The van der Waals surface area contributed by atoms with Crippen LogP contribution >= 0.6 is 0 Å². The molecule has 0 atom stereocenters. The maximum absolute atomic E-state index is 9.40. The molecule has 0 radical (unpaired) electrons. The number of aromatic nitrogens is 5. The Morgan fingerprint density at radius 3 is 2.61 bits per heavy atom. The van der Waals surface area contributed by atoms with Crippen molar-refractivity contribution in [2.24, 2.45) is 7.05 Å². The quantitative estimate of drug-likeness (QED) is 0.549. The van der Waals surface area contributed by atoms with Gasteiger partial charge in [-0.1, -0.05) is 12.1 Å². The van der Waals surface area contributed by atoms with Crippen molar-refractivity contribution in [3.8, 4) is 17.2 Å². The molecule has 3 heterocycles. The molecule has 1 aliphatic rings. The number of fused-ring (bicyclic) bond motifs is 1. The minimum Gasteiger partial charge on any atom is -0.275 e. The highest BCUT2D eigenvalue weighted by Gasteiger charge is 2.26. The molecule has 1 aromatic carbocycles. The number of benzene rings is 1. The van der Waals surface area contributed by atoms with Gasteiger partial charge in [0.15, 0.2) is 0 Å². The van der Waals surface area contributed by atoms with Gasteiger partial charge in [0.1, 0.15) is 17.6 Å². The van der Waals surface area contributed by atoms with Crippen molar-refractivity contribution in [3.63, 3.8) is 0 Å². The smallest absolute Gasteiger partial charge is 0.141 e. The van der Waals surface area contributed by atoms with E-state index in [4.69, 9.17) is 0 Å². The summed E-state index contributed by atoms with van der Waals surface area (Å²) in [4.78, 5) is 13.5. The van der Waals surface area contributed by atoms with Crippen LogP contribution in [0.3, 0.4) is 0 Å². The lowest BCUT2D eigenvalue weighted by molar-refractivity contribution is 0.768. The fourth-order valence-corrected chi connectivity index (χ4v) is 3.48. The standard InChI is InChI=1S/C22H18N6/c1-28-13-17(12-26-28)20-8-18(9-23)27-21-7-14(2-5-19(20)21)6-15-10-24-22(25-11-15)16-3-4-16/h2,5,7-8,10-13,16H,3-4,6H2,1H3. The lowest BCUT2D eigenvalue weighted by atomic mass is 9.99. The molecule has 28 heavy (non-hydrogen) atoms. The van der Waals surface area contributed by atoms with Crippen LogP contribution in [-0.4, -0.2) is 24.7 Å². The molecule has 1 fully saturated rings. The van der Waals surface area contributed by atoms with Gasteiger partial charge in [-0.15, -0.1) is 0 Å². The zero-order valence-electron chi connectivity index (χ0n) is 15.5. The molecule has 1 saturated carbocycles. The Morgan fingerprint density at radius 1 is 1.11 bits per heavy atom. The normalized spacial score (nSPS) is 13.6. The van der Waals surface area contributed by atoms with E-state index >= 15 is 0 Å². The Hall–Kier alpha value is -3.59. The van der Waals surface area contributed by atoms with Crippen molar-refractivity contribution in [1.29, 1.82) is 5.26 Å². The van der Waals surface area contributed by atoms with Gasteiger partial charge in [0.05, 0.1) is 11.7 Å². The highest BCUT2D eigenvalue weighted by atomic mass is 15.2. The first kappa shape index (κ1) is 16.6. The van der Waals surface area contributed by atoms with Crippen molar-refractivity contribution in [1.82, 2.24) is 24.7 Å². The number of pyridine rings is 1. The molecule has 1 aliphatic carbocycles. The lowest BCUT2D eigenvalue weighted by Gasteiger charge is -2.08. The van der Waals surface area contributed by atoms with Crippen LogP contribution in [0.15, 0.2) is 49.1 Å². The third kappa shape index (κ3) is 3.12. The summed E-state index contributed by atoms with van der Waals surface area (Å²) in [5.41, 5.74) is 5.36. The van der Waals surface area contributed by atoms with Gasteiger partial charge in [-0.05, 0) is 41.7 Å². The Kier molecular flexibility index (Phi) is 3.87. The third-order valence-electron chi connectivity index (χ3n) is 5.08. The minimum absolute atomic E-state index is 0.403. The summed E-state index contributed by atoms with van der Waals surface area (Å²) in [6, 6.07) is 10.2. The number of hydrogen-bond acceptors (Lipinski definition) is 5. The van der Waals surface area contributed by atoms with Crippen LogP contribution in [0.25, 0.3) is 22.0 Å². The first-order valence-electron chi connectivity index (χ1n) is 9.33. The zero-order chi connectivity index (χ0) is 19.1. The van der Waals surface area contributed by atoms with Gasteiger partial charge < -0.3 is 0 Å². The summed E-state index contributed by atoms with van der Waals surface area (Å²) in [7, 11) is 1.88. The molecule has 0 amide bonds. The number of nitrogens with zero attached hydrogens (tertiary/aromatic N) is 6. The molecule has 0 aliphatic heterocycles. The fourth-order valence-electron chi connectivity index (χ4n) is 3.48. The van der Waals surface area contributed by atoms with Gasteiger partial charge in [0.2, 0.25) is 0 Å². The first-order valence-corrected chi connectivity index (χ1v) is 9.33. The van der Waals surface area contributed by atoms with Crippen LogP contribution in [0.5, 0.6) is 0 Å². The highest BCUT2D eigenvalue weighted by Crippen LogP contribution is 2.37. The number of rotatable bonds is 4. The van der Waals surface area contributed by atoms with E-state index < -0.39 is 0 Å². The van der Waals surface area contributed by atoms with Crippen LogP contribution in [0, 0.1) is 11.3 Å². The number of aryl methyl sites for hydroxylation is 1. The Balaban J connectivity index is 1.52. The van der Waals surface area contributed by atoms with E-state index in [1.165, 1.54) is 12.8 Å². The van der Waals surface area contributed by atoms with Crippen LogP contribution in [0.2, 0.25) is 0 Å². The second-order valence-electron chi connectivity index (χ2n) is 7.32. The molecule has 3 aromatic heterocycles. The van der Waals surface area contributed by atoms with E-state index in [9.17, 15) is 5.26 Å². The molecule has 0 saturated heterocycles. The third-order valence-corrected chi connectivity index (χ3v) is 5.08. The molecule has 0 unspecified atom stereocenters. The summed E-state index contributed by atoms with van der Waals surface area (Å²) in [5.74, 6) is 1.53. The van der Waals surface area contributed by atoms with Crippen molar-refractivity contribution in [2.45, 2.75) is 25.2 Å². The second kappa shape index (κ2) is 6.54. The number of hydrogen-bond donors (Lipinski definition) is 0. The zero-order valence-corrected chi connectivity index (χ0v) is 15.5. The van der Waals surface area contributed by atoms with Gasteiger partial charge in [0, 0.05) is 48.9 Å². The van der Waals surface area contributed by atoms with Gasteiger partial charge >= 0.3 is 0 Å². The Labute approximate surface area is 162 Å². The fraction of sp³-hybridized carbons (Fsp3) is 0.227. The van der Waals surface area contributed by atoms with Crippen LogP contribution in [0.1, 0.15) is 41.4 Å². The molecule has 136 valence electrons. The van der Waals surface area contributed by atoms with E-state index in [0.717, 1.165) is 45.4 Å². The second-order valence-corrected chi connectivity index (χ2v) is 7.32. The molecule has 0 N–H and O–H groups in total. The summed E-state index contributed by atoms with van der Waals surface area (Å²) >= 11 is 0. The molecular weight excluding hydrogens is 348 g/mol. The summed E-state index contributed by atoms with van der Waals surface area (Å²) in [6.07, 6.45) is 10.7.